The molecule has 0 radical (unpaired) electrons. The van der Waals surface area contributed by atoms with Crippen LogP contribution in [0.3, 0.4) is 0 Å². The van der Waals surface area contributed by atoms with Gasteiger partial charge in [0.15, 0.2) is 5.82 Å². The van der Waals surface area contributed by atoms with Crippen LogP contribution in [0.2, 0.25) is 0 Å². The van der Waals surface area contributed by atoms with Crippen LogP contribution in [0.15, 0.2) is 30.7 Å². The van der Waals surface area contributed by atoms with Crippen LogP contribution in [0.5, 0.6) is 11.9 Å². The Hall–Kier alpha value is -4.03. The lowest BCUT2D eigenvalue weighted by Gasteiger charge is -2.38. The average Bonchev–Trinajstić information content (AvgIpc) is 3.27. The molecule has 1 amide bonds. The van der Waals surface area contributed by atoms with E-state index < -0.39 is 0 Å². The van der Waals surface area contributed by atoms with Crippen molar-refractivity contribution in [1.82, 2.24) is 29.7 Å². The van der Waals surface area contributed by atoms with E-state index in [0.29, 0.717) is 53.7 Å². The number of anilines is 2. The van der Waals surface area contributed by atoms with Crippen molar-refractivity contribution in [3.63, 3.8) is 0 Å². The lowest BCUT2D eigenvalue weighted by molar-refractivity contribution is 0.102. The van der Waals surface area contributed by atoms with E-state index in [9.17, 15) is 4.79 Å². The molecule has 1 saturated heterocycles. The van der Waals surface area contributed by atoms with Crippen LogP contribution < -0.4 is 25.0 Å². The first-order chi connectivity index (χ1) is 18.4. The summed E-state index contributed by atoms with van der Waals surface area (Å²) in [6.07, 6.45) is 5.26. The first kappa shape index (κ1) is 25.6. The Balaban J connectivity index is 1.53. The van der Waals surface area contributed by atoms with E-state index >= 15 is 0 Å². The van der Waals surface area contributed by atoms with Crippen LogP contribution in [-0.2, 0) is 4.74 Å². The Labute approximate surface area is 220 Å². The Kier molecular flexibility index (Phi) is 7.25. The van der Waals surface area contributed by atoms with Crippen molar-refractivity contribution in [1.29, 1.82) is 0 Å². The minimum Gasteiger partial charge on any atom is -0.478 e. The van der Waals surface area contributed by atoms with E-state index in [1.165, 1.54) is 7.11 Å². The molecule has 0 aliphatic carbocycles. The van der Waals surface area contributed by atoms with Crippen molar-refractivity contribution in [3.8, 4) is 11.9 Å². The number of nitrogens with one attached hydrogen (secondary N) is 2. The van der Waals surface area contributed by atoms with E-state index in [4.69, 9.17) is 14.2 Å². The third-order valence-electron chi connectivity index (χ3n) is 6.33. The molecule has 5 rings (SSSR count). The van der Waals surface area contributed by atoms with Gasteiger partial charge in [-0.25, -0.2) is 9.97 Å². The first-order valence-electron chi connectivity index (χ1n) is 12.5. The van der Waals surface area contributed by atoms with Gasteiger partial charge in [-0.2, -0.15) is 9.97 Å². The lowest BCUT2D eigenvalue weighted by atomic mass is 10.0. The van der Waals surface area contributed by atoms with Crippen molar-refractivity contribution >= 4 is 34.0 Å². The number of piperazine rings is 1. The van der Waals surface area contributed by atoms with E-state index in [1.807, 2.05) is 19.2 Å². The average molecular weight is 521 g/mol. The van der Waals surface area contributed by atoms with Crippen molar-refractivity contribution in [2.75, 3.05) is 50.7 Å². The van der Waals surface area contributed by atoms with Crippen LogP contribution in [-0.4, -0.2) is 82.9 Å². The Morgan fingerprint density at radius 3 is 2.63 bits per heavy atom. The number of carbonyl (C=O) groups excluding carboxylic acids is 1. The number of aryl methyl sites for hydroxylation is 1. The lowest BCUT2D eigenvalue weighted by Crippen LogP contribution is -2.54. The molecule has 0 saturated carbocycles. The maximum Gasteiger partial charge on any atom is 0.317 e. The highest BCUT2D eigenvalue weighted by Gasteiger charge is 2.25. The quantitative estimate of drug-likeness (QED) is 0.334. The number of methoxy groups -OCH3 is 2. The second kappa shape index (κ2) is 10.8. The third kappa shape index (κ3) is 5.18. The largest absolute Gasteiger partial charge is 0.478 e. The number of carbonyl (C=O) groups is 1. The number of fused-ring (bicyclic) bond motifs is 2. The molecule has 1 fully saturated rings. The Morgan fingerprint density at radius 2 is 1.89 bits per heavy atom. The molecule has 0 unspecified atom stereocenters. The zero-order chi connectivity index (χ0) is 26.8. The SMILES string of the molecule is COCCOc1ncc2c(N3C[C@@H](C)N[C@H](C)C3)ccc(C(=O)Nc3cn4cc(C)nc4c(OC)n3)c2n1. The Bertz CT molecular complexity index is 1460. The molecule has 3 aromatic heterocycles. The van der Waals surface area contributed by atoms with Crippen LogP contribution in [0, 0.1) is 6.92 Å². The van der Waals surface area contributed by atoms with Gasteiger partial charge in [0.1, 0.15) is 6.61 Å². The fraction of sp³-hybridized carbons (Fsp3) is 0.423. The highest BCUT2D eigenvalue weighted by Crippen LogP contribution is 2.31. The standard InChI is InChI=1S/C26H32N8O4/c1-15-11-33(12-16(2)28-15)20-7-6-18(22-19(20)10-27-26(32-22)38-9-8-36-4)24(35)30-21-14-34-13-17(3)29-23(34)25(31-21)37-5/h6-7,10,13-16,28H,8-9,11-12H2,1-5H3,(H,30,35)/t15-,16-/m1/s1. The fourth-order valence-electron chi connectivity index (χ4n) is 4.83. The van der Waals surface area contributed by atoms with Crippen molar-refractivity contribution < 1.29 is 19.0 Å². The van der Waals surface area contributed by atoms with E-state index in [2.05, 4.69) is 49.3 Å². The normalized spacial score (nSPS) is 17.7. The number of amides is 1. The molecule has 4 heterocycles. The summed E-state index contributed by atoms with van der Waals surface area (Å²) in [6.45, 7) is 8.54. The molecule has 12 nitrogen and oxygen atoms in total. The molecular formula is C26H32N8O4. The van der Waals surface area contributed by atoms with E-state index in [0.717, 1.165) is 29.9 Å². The number of imidazole rings is 1. The summed E-state index contributed by atoms with van der Waals surface area (Å²) < 4.78 is 17.9. The van der Waals surface area contributed by atoms with Gasteiger partial charge in [0.2, 0.25) is 5.65 Å². The second-order valence-electron chi connectivity index (χ2n) is 9.46. The molecule has 2 atom stereocenters. The van der Waals surface area contributed by atoms with E-state index in [1.54, 1.807) is 30.0 Å². The topological polar surface area (TPSA) is 128 Å². The molecule has 4 aromatic rings. The predicted octanol–water partition coefficient (Wildman–Crippen LogP) is 2.45. The van der Waals surface area contributed by atoms with Gasteiger partial charge >= 0.3 is 6.01 Å². The monoisotopic (exact) mass is 520 g/mol. The Morgan fingerprint density at radius 1 is 1.11 bits per heavy atom. The third-order valence-corrected chi connectivity index (χ3v) is 6.33. The summed E-state index contributed by atoms with van der Waals surface area (Å²) in [5.74, 6) is 0.273. The molecular weight excluding hydrogens is 488 g/mol. The minimum atomic E-state index is -0.365. The van der Waals surface area contributed by atoms with E-state index in [-0.39, 0.29) is 11.9 Å². The van der Waals surface area contributed by atoms with Gasteiger partial charge < -0.3 is 29.7 Å². The summed E-state index contributed by atoms with van der Waals surface area (Å²) in [4.78, 5) is 33.8. The summed E-state index contributed by atoms with van der Waals surface area (Å²) in [6, 6.07) is 4.55. The van der Waals surface area contributed by atoms with Gasteiger partial charge in [-0.3, -0.25) is 9.20 Å². The summed E-state index contributed by atoms with van der Waals surface area (Å²) in [7, 11) is 3.12. The van der Waals surface area contributed by atoms with Gasteiger partial charge in [-0.15, -0.1) is 0 Å². The number of nitrogens with zero attached hydrogens (tertiary/aromatic N) is 6. The van der Waals surface area contributed by atoms with Gasteiger partial charge in [0.25, 0.3) is 11.8 Å². The first-order valence-corrected chi connectivity index (χ1v) is 12.5. The van der Waals surface area contributed by atoms with Gasteiger partial charge in [0.05, 0.1) is 36.7 Å². The van der Waals surface area contributed by atoms with Gasteiger partial charge in [0, 0.05) is 55.8 Å². The fourth-order valence-corrected chi connectivity index (χ4v) is 4.83. The van der Waals surface area contributed by atoms with Gasteiger partial charge in [-0.05, 0) is 32.9 Å². The number of ether oxygens (including phenoxy) is 3. The number of hydrogen-bond donors (Lipinski definition) is 2. The van der Waals surface area contributed by atoms with Crippen LogP contribution >= 0.6 is 0 Å². The summed E-state index contributed by atoms with van der Waals surface area (Å²) in [5.41, 5.74) is 3.22. The minimum absolute atomic E-state index is 0.179. The molecule has 2 N–H and O–H groups in total. The molecule has 200 valence electrons. The molecule has 1 aliphatic rings. The van der Waals surface area contributed by atoms with Crippen molar-refractivity contribution in [2.45, 2.75) is 32.9 Å². The van der Waals surface area contributed by atoms with Crippen LogP contribution in [0.25, 0.3) is 16.6 Å². The molecule has 0 bridgehead atoms. The summed E-state index contributed by atoms with van der Waals surface area (Å²) >= 11 is 0. The van der Waals surface area contributed by atoms with Gasteiger partial charge in [-0.1, -0.05) is 0 Å². The predicted molar refractivity (Wildman–Crippen MR) is 143 cm³/mol. The highest BCUT2D eigenvalue weighted by atomic mass is 16.5. The summed E-state index contributed by atoms with van der Waals surface area (Å²) in [5, 5.41) is 7.21. The molecule has 38 heavy (non-hydrogen) atoms. The number of rotatable bonds is 8. The number of benzene rings is 1. The maximum absolute atomic E-state index is 13.6. The van der Waals surface area contributed by atoms with Crippen molar-refractivity contribution in [2.24, 2.45) is 0 Å². The molecule has 1 aromatic carbocycles. The molecule has 0 spiro atoms. The second-order valence-corrected chi connectivity index (χ2v) is 9.46. The van der Waals surface area contributed by atoms with Crippen LogP contribution in [0.4, 0.5) is 11.5 Å². The zero-order valence-corrected chi connectivity index (χ0v) is 22.2. The van der Waals surface area contributed by atoms with Crippen molar-refractivity contribution in [3.05, 3.63) is 42.0 Å². The zero-order valence-electron chi connectivity index (χ0n) is 22.2. The molecule has 1 aliphatic heterocycles. The number of aromatic nitrogens is 5. The highest BCUT2D eigenvalue weighted by molar-refractivity contribution is 6.13. The smallest absolute Gasteiger partial charge is 0.317 e. The maximum atomic E-state index is 13.6. The van der Waals surface area contributed by atoms with Crippen LogP contribution in [0.1, 0.15) is 29.9 Å². The number of hydrogen-bond acceptors (Lipinski definition) is 10. The molecule has 12 heteroatoms.